The monoisotopic (exact) mass is 443 g/mol. The molecule has 3 rings (SSSR count). The van der Waals surface area contributed by atoms with Gasteiger partial charge in [-0.3, -0.25) is 4.79 Å². The Hall–Kier alpha value is -2.48. The Morgan fingerprint density at radius 2 is 1.74 bits per heavy atom. The zero-order chi connectivity index (χ0) is 22.4. The SMILES string of the molecule is CCOC(=O)C1CC=C(C)C(COCc2ccccc2)N1S(=O)(=O)c1ccc(C)cc1. The lowest BCUT2D eigenvalue weighted by Gasteiger charge is -2.39. The minimum atomic E-state index is -3.96. The number of ether oxygens (including phenoxy) is 2. The van der Waals surface area contributed by atoms with Gasteiger partial charge in [-0.1, -0.05) is 59.7 Å². The molecule has 31 heavy (non-hydrogen) atoms. The van der Waals surface area contributed by atoms with E-state index in [0.29, 0.717) is 6.61 Å². The lowest BCUT2D eigenvalue weighted by atomic mass is 9.99. The Kier molecular flexibility index (Phi) is 7.64. The van der Waals surface area contributed by atoms with Gasteiger partial charge in [0.15, 0.2) is 0 Å². The smallest absolute Gasteiger partial charge is 0.324 e. The maximum Gasteiger partial charge on any atom is 0.324 e. The van der Waals surface area contributed by atoms with Crippen molar-refractivity contribution in [1.82, 2.24) is 4.31 Å². The lowest BCUT2D eigenvalue weighted by Crippen LogP contribution is -2.54. The molecule has 2 aromatic carbocycles. The molecule has 2 atom stereocenters. The zero-order valence-electron chi connectivity index (χ0n) is 18.2. The Morgan fingerprint density at radius 3 is 2.39 bits per heavy atom. The third kappa shape index (κ3) is 5.42. The van der Waals surface area contributed by atoms with E-state index in [9.17, 15) is 13.2 Å². The van der Waals surface area contributed by atoms with E-state index in [4.69, 9.17) is 9.47 Å². The molecule has 6 nitrogen and oxygen atoms in total. The number of nitrogens with zero attached hydrogens (tertiary/aromatic N) is 1. The van der Waals surface area contributed by atoms with E-state index in [0.717, 1.165) is 16.7 Å². The summed E-state index contributed by atoms with van der Waals surface area (Å²) in [5.74, 6) is -0.546. The van der Waals surface area contributed by atoms with Crippen molar-refractivity contribution in [3.63, 3.8) is 0 Å². The first kappa shape index (κ1) is 23.2. The molecule has 1 aliphatic rings. The van der Waals surface area contributed by atoms with Crippen LogP contribution in [0.2, 0.25) is 0 Å². The second kappa shape index (κ2) is 10.2. The predicted molar refractivity (Wildman–Crippen MR) is 119 cm³/mol. The van der Waals surface area contributed by atoms with Gasteiger partial charge in [0.25, 0.3) is 0 Å². The summed E-state index contributed by atoms with van der Waals surface area (Å²) >= 11 is 0. The first-order valence-electron chi connectivity index (χ1n) is 10.4. The summed E-state index contributed by atoms with van der Waals surface area (Å²) in [7, 11) is -3.96. The largest absolute Gasteiger partial charge is 0.465 e. The molecule has 0 N–H and O–H groups in total. The Morgan fingerprint density at radius 1 is 1.06 bits per heavy atom. The van der Waals surface area contributed by atoms with E-state index in [1.807, 2.05) is 50.3 Å². The quantitative estimate of drug-likeness (QED) is 0.458. The van der Waals surface area contributed by atoms with Gasteiger partial charge in [-0.2, -0.15) is 4.31 Å². The van der Waals surface area contributed by atoms with Gasteiger partial charge in [0.05, 0.1) is 30.8 Å². The molecule has 1 heterocycles. The lowest BCUT2D eigenvalue weighted by molar-refractivity contribution is -0.148. The van der Waals surface area contributed by atoms with Crippen LogP contribution in [0.25, 0.3) is 0 Å². The van der Waals surface area contributed by atoms with E-state index in [1.54, 1.807) is 31.2 Å². The number of benzene rings is 2. The normalized spacial score (nSPS) is 19.6. The van der Waals surface area contributed by atoms with Gasteiger partial charge >= 0.3 is 5.97 Å². The average Bonchev–Trinajstić information content (AvgIpc) is 2.75. The van der Waals surface area contributed by atoms with Crippen LogP contribution in [0.1, 0.15) is 31.4 Å². The van der Waals surface area contributed by atoms with Crippen LogP contribution in [0.5, 0.6) is 0 Å². The van der Waals surface area contributed by atoms with Crippen molar-refractivity contribution in [3.8, 4) is 0 Å². The van der Waals surface area contributed by atoms with Gasteiger partial charge in [-0.25, -0.2) is 8.42 Å². The summed E-state index contributed by atoms with van der Waals surface area (Å²) in [6.07, 6.45) is 2.17. The number of carbonyl (C=O) groups is 1. The van der Waals surface area contributed by atoms with Crippen LogP contribution >= 0.6 is 0 Å². The highest BCUT2D eigenvalue weighted by molar-refractivity contribution is 7.89. The number of rotatable bonds is 8. The third-order valence-corrected chi connectivity index (χ3v) is 7.28. The average molecular weight is 444 g/mol. The highest BCUT2D eigenvalue weighted by atomic mass is 32.2. The number of aryl methyl sites for hydroxylation is 1. The minimum Gasteiger partial charge on any atom is -0.465 e. The summed E-state index contributed by atoms with van der Waals surface area (Å²) in [6, 6.07) is 14.8. The molecule has 0 aliphatic carbocycles. The molecule has 1 aliphatic heterocycles. The summed E-state index contributed by atoms with van der Waals surface area (Å²) < 4.78 is 39.7. The Labute approximate surface area is 184 Å². The number of esters is 1. The molecular formula is C24H29NO5S. The van der Waals surface area contributed by atoms with E-state index >= 15 is 0 Å². The maximum atomic E-state index is 13.6. The standard InChI is InChI=1S/C24H29NO5S/c1-4-30-24(26)22-15-12-19(3)23(17-29-16-20-8-6-5-7-9-20)25(22)31(27,28)21-13-10-18(2)11-14-21/h5-14,22-23H,4,15-17H2,1-3H3. The van der Waals surface area contributed by atoms with Crippen LogP contribution in [0.15, 0.2) is 71.1 Å². The molecule has 0 saturated carbocycles. The zero-order valence-corrected chi connectivity index (χ0v) is 19.0. The van der Waals surface area contributed by atoms with Crippen molar-refractivity contribution in [3.05, 3.63) is 77.4 Å². The van der Waals surface area contributed by atoms with E-state index < -0.39 is 28.1 Å². The molecule has 0 fully saturated rings. The van der Waals surface area contributed by atoms with Gasteiger partial charge in [-0.15, -0.1) is 0 Å². The van der Waals surface area contributed by atoms with Crippen LogP contribution in [0, 0.1) is 6.92 Å². The first-order valence-corrected chi connectivity index (χ1v) is 11.8. The molecule has 7 heteroatoms. The molecule has 0 saturated heterocycles. The molecule has 2 aromatic rings. The van der Waals surface area contributed by atoms with Crippen LogP contribution in [-0.2, 0) is 30.9 Å². The second-order valence-electron chi connectivity index (χ2n) is 7.62. The molecule has 2 unspecified atom stereocenters. The van der Waals surface area contributed by atoms with Crippen LogP contribution in [-0.4, -0.2) is 44.0 Å². The van der Waals surface area contributed by atoms with E-state index in [-0.39, 0.29) is 24.5 Å². The van der Waals surface area contributed by atoms with Crippen molar-refractivity contribution in [2.75, 3.05) is 13.2 Å². The fourth-order valence-corrected chi connectivity index (χ4v) is 5.42. The van der Waals surface area contributed by atoms with Gasteiger partial charge in [0.1, 0.15) is 6.04 Å². The molecule has 0 spiro atoms. The van der Waals surface area contributed by atoms with E-state index in [2.05, 4.69) is 0 Å². The van der Waals surface area contributed by atoms with Crippen molar-refractivity contribution in [2.24, 2.45) is 0 Å². The van der Waals surface area contributed by atoms with Crippen LogP contribution in [0.4, 0.5) is 0 Å². The van der Waals surface area contributed by atoms with Gasteiger partial charge < -0.3 is 9.47 Å². The molecule has 0 aromatic heterocycles. The van der Waals surface area contributed by atoms with Crippen LogP contribution in [0.3, 0.4) is 0 Å². The molecule has 166 valence electrons. The maximum absolute atomic E-state index is 13.6. The third-order valence-electron chi connectivity index (χ3n) is 5.35. The summed E-state index contributed by atoms with van der Waals surface area (Å²) in [6.45, 7) is 6.15. The van der Waals surface area contributed by atoms with Gasteiger partial charge in [0.2, 0.25) is 10.0 Å². The second-order valence-corrected chi connectivity index (χ2v) is 9.46. The van der Waals surface area contributed by atoms with Gasteiger partial charge in [-0.05, 0) is 44.9 Å². The molecule has 0 bridgehead atoms. The summed E-state index contributed by atoms with van der Waals surface area (Å²) in [4.78, 5) is 12.8. The minimum absolute atomic E-state index is 0.137. The Bertz CT molecular complexity index is 1020. The predicted octanol–water partition coefficient (Wildman–Crippen LogP) is 3.85. The molecule has 0 amide bonds. The fourth-order valence-electron chi connectivity index (χ4n) is 3.63. The van der Waals surface area contributed by atoms with Crippen molar-refractivity contribution >= 4 is 16.0 Å². The van der Waals surface area contributed by atoms with Crippen LogP contribution < -0.4 is 0 Å². The topological polar surface area (TPSA) is 72.9 Å². The highest BCUT2D eigenvalue weighted by Gasteiger charge is 2.44. The number of carbonyl (C=O) groups excluding carboxylic acids is 1. The Balaban J connectivity index is 1.92. The number of hydrogen-bond donors (Lipinski definition) is 0. The molecule has 0 radical (unpaired) electrons. The number of hydrogen-bond acceptors (Lipinski definition) is 5. The highest BCUT2D eigenvalue weighted by Crippen LogP contribution is 2.31. The number of sulfonamides is 1. The van der Waals surface area contributed by atoms with Crippen molar-refractivity contribution < 1.29 is 22.7 Å². The first-order chi connectivity index (χ1) is 14.8. The summed E-state index contributed by atoms with van der Waals surface area (Å²) in [5, 5.41) is 0. The van der Waals surface area contributed by atoms with Crippen molar-refractivity contribution in [2.45, 2.75) is 50.8 Å². The fraction of sp³-hybridized carbons (Fsp3) is 0.375. The summed E-state index contributed by atoms with van der Waals surface area (Å²) in [5.41, 5.74) is 2.80. The van der Waals surface area contributed by atoms with Gasteiger partial charge in [0, 0.05) is 0 Å². The van der Waals surface area contributed by atoms with Crippen molar-refractivity contribution in [1.29, 1.82) is 0 Å². The molecular weight excluding hydrogens is 414 g/mol. The van der Waals surface area contributed by atoms with E-state index in [1.165, 1.54) is 4.31 Å².